The van der Waals surface area contributed by atoms with Crippen LogP contribution in [0.4, 0.5) is 5.82 Å². The molecule has 1 aromatic carbocycles. The molecule has 1 amide bonds. The fraction of sp³-hybridized carbons (Fsp3) is 0.476. The molecule has 0 unspecified atom stereocenters. The number of likely N-dealkylation sites (tertiary alicyclic amines) is 1. The van der Waals surface area contributed by atoms with Crippen molar-refractivity contribution in [2.24, 2.45) is 0 Å². The minimum absolute atomic E-state index is 0.244. The molecule has 6 nitrogen and oxygen atoms in total. The smallest absolute Gasteiger partial charge is 0.236 e. The quantitative estimate of drug-likeness (QED) is 0.776. The van der Waals surface area contributed by atoms with Gasteiger partial charge in [-0.05, 0) is 31.4 Å². The van der Waals surface area contributed by atoms with Crippen molar-refractivity contribution in [2.75, 3.05) is 50.7 Å². The summed E-state index contributed by atoms with van der Waals surface area (Å²) < 4.78 is 0. The van der Waals surface area contributed by atoms with Crippen molar-refractivity contribution >= 4 is 28.9 Å². The Hall–Kier alpha value is -2.47. The van der Waals surface area contributed by atoms with Crippen LogP contribution in [0.1, 0.15) is 28.8 Å². The van der Waals surface area contributed by atoms with E-state index in [9.17, 15) is 9.59 Å². The number of carbonyl (C=O) groups is 2. The number of hydrogen-bond donors (Lipinski definition) is 0. The number of anilines is 1. The molecule has 3 heterocycles. The molecule has 4 rings (SSSR count). The molecule has 0 spiro atoms. The largest absolute Gasteiger partial charge is 0.353 e. The Morgan fingerprint density at radius 3 is 2.56 bits per heavy atom. The fourth-order valence-corrected chi connectivity index (χ4v) is 4.07. The van der Waals surface area contributed by atoms with E-state index in [1.54, 1.807) is 0 Å². The third kappa shape index (κ3) is 3.67. The molecule has 2 fully saturated rings. The highest BCUT2D eigenvalue weighted by molar-refractivity contribution is 5.93. The van der Waals surface area contributed by atoms with Crippen LogP contribution in [0.5, 0.6) is 0 Å². The standard InChI is InChI=1S/C21H26N4O2/c1-16-5-4-6-17-13-18(15-26)21(22-20(16)17)25-11-9-23(10-12-25)14-19(27)24-7-2-3-8-24/h4-6,13,15H,2-3,7-12,14H2,1H3. The van der Waals surface area contributed by atoms with Gasteiger partial charge in [-0.2, -0.15) is 0 Å². The van der Waals surface area contributed by atoms with E-state index in [4.69, 9.17) is 4.98 Å². The third-order valence-corrected chi connectivity index (χ3v) is 5.67. The van der Waals surface area contributed by atoms with Crippen LogP contribution in [0.15, 0.2) is 24.3 Å². The van der Waals surface area contributed by atoms with Gasteiger partial charge in [-0.25, -0.2) is 4.98 Å². The van der Waals surface area contributed by atoms with Gasteiger partial charge in [0.15, 0.2) is 6.29 Å². The number of fused-ring (bicyclic) bond motifs is 1. The molecule has 0 saturated carbocycles. The van der Waals surface area contributed by atoms with E-state index in [0.29, 0.717) is 12.1 Å². The average molecular weight is 366 g/mol. The first-order valence-electron chi connectivity index (χ1n) is 9.76. The number of aryl methyl sites for hydroxylation is 1. The summed E-state index contributed by atoms with van der Waals surface area (Å²) in [4.78, 5) is 35.2. The van der Waals surface area contributed by atoms with Crippen LogP contribution in [0, 0.1) is 6.92 Å². The molecule has 27 heavy (non-hydrogen) atoms. The summed E-state index contributed by atoms with van der Waals surface area (Å²) >= 11 is 0. The molecule has 6 heteroatoms. The van der Waals surface area contributed by atoms with Gasteiger partial charge >= 0.3 is 0 Å². The molecule has 0 bridgehead atoms. The number of aromatic nitrogens is 1. The van der Waals surface area contributed by atoms with Crippen LogP contribution in [-0.4, -0.2) is 72.8 Å². The van der Waals surface area contributed by atoms with E-state index in [1.807, 2.05) is 36.1 Å². The van der Waals surface area contributed by atoms with E-state index in [-0.39, 0.29) is 5.91 Å². The van der Waals surface area contributed by atoms with Crippen molar-refractivity contribution in [1.29, 1.82) is 0 Å². The number of amides is 1. The van der Waals surface area contributed by atoms with Gasteiger partial charge in [0.1, 0.15) is 5.82 Å². The maximum Gasteiger partial charge on any atom is 0.236 e. The number of para-hydroxylation sites is 1. The minimum atomic E-state index is 0.244. The number of nitrogens with zero attached hydrogens (tertiary/aromatic N) is 4. The first-order valence-corrected chi connectivity index (χ1v) is 9.76. The lowest BCUT2D eigenvalue weighted by Crippen LogP contribution is -2.50. The Morgan fingerprint density at radius 2 is 1.85 bits per heavy atom. The highest BCUT2D eigenvalue weighted by Gasteiger charge is 2.25. The second-order valence-corrected chi connectivity index (χ2v) is 7.52. The van der Waals surface area contributed by atoms with Crippen molar-refractivity contribution < 1.29 is 9.59 Å². The topological polar surface area (TPSA) is 56.8 Å². The van der Waals surface area contributed by atoms with Crippen LogP contribution < -0.4 is 4.90 Å². The Bertz CT molecular complexity index is 853. The molecule has 0 atom stereocenters. The zero-order valence-electron chi connectivity index (χ0n) is 15.9. The number of carbonyl (C=O) groups excluding carboxylic acids is 2. The zero-order chi connectivity index (χ0) is 18.8. The van der Waals surface area contributed by atoms with Crippen LogP contribution in [-0.2, 0) is 4.79 Å². The molecule has 142 valence electrons. The Labute approximate surface area is 159 Å². The second-order valence-electron chi connectivity index (χ2n) is 7.52. The minimum Gasteiger partial charge on any atom is -0.353 e. The van der Waals surface area contributed by atoms with Crippen LogP contribution >= 0.6 is 0 Å². The lowest BCUT2D eigenvalue weighted by Gasteiger charge is -2.36. The summed E-state index contributed by atoms with van der Waals surface area (Å²) in [7, 11) is 0. The highest BCUT2D eigenvalue weighted by Crippen LogP contribution is 2.25. The summed E-state index contributed by atoms with van der Waals surface area (Å²) in [6.45, 7) is 7.53. The van der Waals surface area contributed by atoms with Crippen LogP contribution in [0.2, 0.25) is 0 Å². The second kappa shape index (κ2) is 7.64. The van der Waals surface area contributed by atoms with Crippen molar-refractivity contribution in [3.05, 3.63) is 35.4 Å². The Morgan fingerprint density at radius 1 is 1.11 bits per heavy atom. The van der Waals surface area contributed by atoms with Gasteiger partial charge in [0.05, 0.1) is 17.6 Å². The summed E-state index contributed by atoms with van der Waals surface area (Å²) in [6.07, 6.45) is 3.15. The number of piperazine rings is 1. The maximum absolute atomic E-state index is 12.4. The molecular weight excluding hydrogens is 340 g/mol. The van der Waals surface area contributed by atoms with E-state index >= 15 is 0 Å². The third-order valence-electron chi connectivity index (χ3n) is 5.67. The monoisotopic (exact) mass is 366 g/mol. The number of benzene rings is 1. The van der Waals surface area contributed by atoms with Gasteiger partial charge in [0.25, 0.3) is 0 Å². The normalized spacial score (nSPS) is 18.3. The maximum atomic E-state index is 12.4. The fourth-order valence-electron chi connectivity index (χ4n) is 4.07. The number of rotatable bonds is 4. The number of pyridine rings is 1. The first kappa shape index (κ1) is 17.9. The van der Waals surface area contributed by atoms with E-state index < -0.39 is 0 Å². The van der Waals surface area contributed by atoms with Crippen molar-refractivity contribution in [3.63, 3.8) is 0 Å². The average Bonchev–Trinajstić information content (AvgIpc) is 3.23. The van der Waals surface area contributed by atoms with Gasteiger partial charge < -0.3 is 9.80 Å². The van der Waals surface area contributed by atoms with Crippen LogP contribution in [0.25, 0.3) is 10.9 Å². The summed E-state index contributed by atoms with van der Waals surface area (Å²) in [6, 6.07) is 7.96. The van der Waals surface area contributed by atoms with Gasteiger partial charge in [0.2, 0.25) is 5.91 Å². The number of hydrogen-bond acceptors (Lipinski definition) is 5. The van der Waals surface area contributed by atoms with Gasteiger partial charge in [0, 0.05) is 44.7 Å². The molecule has 2 saturated heterocycles. The molecular formula is C21H26N4O2. The zero-order valence-corrected chi connectivity index (χ0v) is 15.9. The molecule has 2 aliphatic rings. The lowest BCUT2D eigenvalue weighted by atomic mass is 10.1. The first-order chi connectivity index (χ1) is 13.2. The summed E-state index contributed by atoms with van der Waals surface area (Å²) in [5.41, 5.74) is 2.69. The molecule has 0 N–H and O–H groups in total. The molecule has 0 radical (unpaired) electrons. The van der Waals surface area contributed by atoms with Crippen molar-refractivity contribution in [1.82, 2.24) is 14.8 Å². The Balaban J connectivity index is 1.46. The number of aldehydes is 1. The Kier molecular flexibility index (Phi) is 5.07. The van der Waals surface area contributed by atoms with Gasteiger partial charge in [-0.15, -0.1) is 0 Å². The molecule has 0 aliphatic carbocycles. The summed E-state index contributed by atoms with van der Waals surface area (Å²) in [5.74, 6) is 1.01. The van der Waals surface area contributed by atoms with Crippen molar-refractivity contribution in [3.8, 4) is 0 Å². The molecule has 2 aliphatic heterocycles. The highest BCUT2D eigenvalue weighted by atomic mass is 16.2. The van der Waals surface area contributed by atoms with E-state index in [1.165, 1.54) is 0 Å². The molecule has 1 aromatic heterocycles. The van der Waals surface area contributed by atoms with Gasteiger partial charge in [-0.3, -0.25) is 14.5 Å². The summed E-state index contributed by atoms with van der Waals surface area (Å²) in [5, 5.41) is 0.996. The predicted molar refractivity (Wildman–Crippen MR) is 106 cm³/mol. The molecule has 2 aromatic rings. The predicted octanol–water partition coefficient (Wildman–Crippen LogP) is 2.10. The van der Waals surface area contributed by atoms with Gasteiger partial charge in [-0.1, -0.05) is 18.2 Å². The SMILES string of the molecule is Cc1cccc2cc(C=O)c(N3CCN(CC(=O)N4CCCC4)CC3)nc12. The van der Waals surface area contributed by atoms with Crippen LogP contribution in [0.3, 0.4) is 0 Å². The van der Waals surface area contributed by atoms with E-state index in [2.05, 4.69) is 9.80 Å². The lowest BCUT2D eigenvalue weighted by molar-refractivity contribution is -0.131. The van der Waals surface area contributed by atoms with Crippen molar-refractivity contribution in [2.45, 2.75) is 19.8 Å². The van der Waals surface area contributed by atoms with E-state index in [0.717, 1.165) is 80.7 Å².